The van der Waals surface area contributed by atoms with Crippen LogP contribution >= 0.6 is 0 Å². The van der Waals surface area contributed by atoms with Crippen molar-refractivity contribution in [3.8, 4) is 0 Å². The molecule has 1 aromatic heterocycles. The Balaban J connectivity index is 0.000000115. The van der Waals surface area contributed by atoms with Gasteiger partial charge in [0.1, 0.15) is 5.78 Å². The number of Topliss-reactive ketones (excluding diaryl/α,β-unsaturated/α-hetero) is 1. The molecule has 43 atom stereocenters. The zero-order valence-electron chi connectivity index (χ0n) is 96.2. The molecule has 1 aromatic rings. The van der Waals surface area contributed by atoms with Gasteiger partial charge in [-0.05, 0) is 473 Å². The largest absolute Gasteiger partial charge is 0.373 e. The molecule has 0 radical (unpaired) electrons. The summed E-state index contributed by atoms with van der Waals surface area (Å²) in [5.74, 6) is 21.6. The molecule has 0 bridgehead atoms. The maximum atomic E-state index is 12.5. The van der Waals surface area contributed by atoms with E-state index in [1.165, 1.54) is 238 Å². The number of rotatable bonds is 7. The van der Waals surface area contributed by atoms with Gasteiger partial charge in [-0.25, -0.2) is 9.82 Å². The molecular formula is C128H202N8O11S. The molecule has 0 aromatic carbocycles. The van der Waals surface area contributed by atoms with E-state index < -0.39 is 10.2 Å². The Morgan fingerprint density at radius 2 is 0.811 bits per heavy atom. The zero-order valence-corrected chi connectivity index (χ0v) is 97.0. The quantitative estimate of drug-likeness (QED) is 0.185. The number of carbonyl (C=O) groups is 3. The van der Waals surface area contributed by atoms with E-state index >= 15 is 0 Å². The van der Waals surface area contributed by atoms with Gasteiger partial charge in [-0.1, -0.05) is 173 Å². The Bertz CT molecular complexity index is 5330. The van der Waals surface area contributed by atoms with E-state index in [2.05, 4.69) is 159 Å². The van der Waals surface area contributed by atoms with Crippen molar-refractivity contribution in [1.29, 1.82) is 0 Å². The number of nitrogens with two attached hydrogens (primary N) is 1. The SMILES string of the molecule is CC(=O)N[C@H]1CC[C@@]2(C)[C@H](CC[C@H]3[C@@H]4CC[C@@]5(CC(C)=C4C[C@@H]32)O[C@@H]2C[C@H](C)CC[C@H]2[C@H]5C)C1.CC1=C2C[C@H]3[C@@H](CC[C@@H]4CC(=O)CC[C@@]43C)[C@@H]2CC[C@@]2(C1)O[C@@H]1C[C@H](C)CN(CCNC(=O)C(C)(C)C)[C@H]1[C@H]2C.CC1=C2C[C@H]3[C@@H](CC[C@@H]4C[C@@H](NS(N)(=O)=O)CC[C@@]43C)[C@@H]2CC[C@@]2(C1)O[C@@H]1C[C@H](C)CC[C@H]1[C@H]2C.CC1=C2C[C@H]3[C@@H](CC[C@@H]4C[C@@H](n5cc(C)nn5)CC[C@@]43C)[C@@H]2CC[C@@]2(C1)O[C@@H]1C[C@H](C)CC[C@H]1[C@H]2C.O=C=O. The normalized spacial score (nSPS) is 49.0. The van der Waals surface area contributed by atoms with E-state index in [1.54, 1.807) is 40.4 Å². The Morgan fingerprint density at radius 1 is 0.446 bits per heavy atom. The first-order valence-electron chi connectivity index (χ1n) is 62.1. The van der Waals surface area contributed by atoms with Gasteiger partial charge in [0.2, 0.25) is 11.8 Å². The standard InChI is InChI=1S/C35H56N2O3.C32H49N3O.C31H49NO2.C29H48N2O3S.CO2/c1-21-16-30-31(37(20-21)15-14-36-32(39)33(4,5)6)23(3)35(40-30)13-11-26-27-9-8-24-17-25(38)10-12-34(24,7)29(27)18-28(26)22(2)19-35;1-19-6-8-25-22(4)32(36-30(25)14-19)13-11-26-27-9-7-23-15-24(35-18-21(3)33-34-35)10-12-31(23,5)29(27)16-28(26)20(2)17-32;1-18-6-8-24-20(3)31(34-29(24)14-18)13-11-25-26-9-7-22-15-23(32-21(4)33)10-12-30(22,5)28(26)16-27(25)19(2)17-31;1-17-5-7-22-19(3)29(34-27(22)13-17)12-10-23-24-8-6-20-14-21(31-35(30,32)33)9-11-28(20,4)26(24)15-25(23)18(2)16-29;2-1-3/h21,23-24,26-27,29-31H,8-20H2,1-7H3,(H,36,39);18-19,22-27,29-30H,6-17H2,1-5H3;18,20,22-26,28-29H,6-17H2,1-5H3,(H,32,33);17,19-24,26-27,31H,5-16H2,1-4H3,(H2,30,32,33);/t21-,23+,24+,26-,27-,29-,30+,31-,34-,35-;19-,22-,23-,24+,25+,26+,27+,29+,30-,31+,32+;18-,20-,22-,23+,24+,25+,26+,28+,29-,30+,31+;17-,19-,20-,21+,22+,23+,24+,26+,27-,28+,29+;/m0111./s1. The van der Waals surface area contributed by atoms with Crippen molar-refractivity contribution >= 4 is 34.0 Å². The Kier molecular flexibility index (Phi) is 30.7. The number of ketones is 1. The summed E-state index contributed by atoms with van der Waals surface area (Å²) in [6, 6.07) is 1.42. The summed E-state index contributed by atoms with van der Waals surface area (Å²) >= 11 is 0. The number of carbonyl (C=O) groups excluding carboxylic acids is 5. The number of amides is 2. The minimum atomic E-state index is -3.62. The minimum Gasteiger partial charge on any atom is -0.371 e. The molecule has 148 heavy (non-hydrogen) atoms. The van der Waals surface area contributed by atoms with Gasteiger partial charge in [0.05, 0.1) is 58.6 Å². The number of nitrogens with zero attached hydrogens (tertiary/aromatic N) is 4. The molecule has 20 fully saturated rings. The predicted octanol–water partition coefficient (Wildman–Crippen LogP) is 26.4. The van der Waals surface area contributed by atoms with Crippen LogP contribution in [-0.2, 0) is 53.1 Å². The van der Waals surface area contributed by atoms with Crippen LogP contribution in [0.4, 0.5) is 0 Å². The first-order chi connectivity index (χ1) is 70.2. The smallest absolute Gasteiger partial charge is 0.371 e. The highest BCUT2D eigenvalue weighted by Crippen LogP contribution is 2.73. The fourth-order valence-corrected chi connectivity index (χ4v) is 43.7. The van der Waals surface area contributed by atoms with Gasteiger partial charge in [0, 0.05) is 75.1 Å². The van der Waals surface area contributed by atoms with Gasteiger partial charge in [-0.2, -0.15) is 22.7 Å². The number of likely N-dealkylation sites (tertiary alicyclic amines) is 1. The number of allylic oxidation sites excluding steroid dienone is 4. The third-order valence-electron chi connectivity index (χ3n) is 51.1. The average Bonchev–Trinajstić information content (AvgIpc) is 1.57. The van der Waals surface area contributed by atoms with Crippen molar-refractivity contribution in [2.24, 2.45) is 192 Å². The molecule has 15 saturated carbocycles. The third kappa shape index (κ3) is 19.8. The summed E-state index contributed by atoms with van der Waals surface area (Å²) in [6.07, 6.45) is 62.1. The van der Waals surface area contributed by atoms with Crippen LogP contribution in [0.25, 0.3) is 0 Å². The van der Waals surface area contributed by atoms with Crippen molar-refractivity contribution in [2.75, 3.05) is 19.6 Å². The lowest BCUT2D eigenvalue weighted by Crippen LogP contribution is -2.54. The van der Waals surface area contributed by atoms with Crippen LogP contribution in [0.5, 0.6) is 0 Å². The highest BCUT2D eigenvalue weighted by molar-refractivity contribution is 7.87. The number of aryl methyl sites for hydroxylation is 1. The van der Waals surface area contributed by atoms with E-state index in [0.29, 0.717) is 112 Å². The Hall–Kier alpha value is -4.24. The number of aromatic nitrogens is 3. The van der Waals surface area contributed by atoms with Crippen LogP contribution in [0.1, 0.15) is 446 Å². The summed E-state index contributed by atoms with van der Waals surface area (Å²) in [6.45, 7) is 52.5. The number of piperidine rings is 1. The van der Waals surface area contributed by atoms with Crippen molar-refractivity contribution in [3.63, 3.8) is 0 Å². The molecule has 826 valence electrons. The summed E-state index contributed by atoms with van der Waals surface area (Å²) in [4.78, 5) is 55.4. The van der Waals surface area contributed by atoms with E-state index in [4.69, 9.17) is 33.7 Å². The van der Waals surface area contributed by atoms with Gasteiger partial charge < -0.3 is 29.6 Å². The first kappa shape index (κ1) is 109. The Morgan fingerprint density at radius 3 is 1.21 bits per heavy atom. The molecule has 20 heteroatoms. The highest BCUT2D eigenvalue weighted by Gasteiger charge is 2.67. The molecule has 4 spiro atoms. The topological polar surface area (TPSA) is 252 Å². The van der Waals surface area contributed by atoms with Crippen molar-refractivity contribution in [3.05, 3.63) is 56.5 Å². The van der Waals surface area contributed by atoms with E-state index in [0.717, 1.165) is 201 Å². The summed E-state index contributed by atoms with van der Waals surface area (Å²) in [7, 11) is -3.62. The van der Waals surface area contributed by atoms with Gasteiger partial charge in [0.15, 0.2) is 0 Å². The molecule has 19 aliphatic carbocycles. The van der Waals surface area contributed by atoms with Crippen molar-refractivity contribution < 1.29 is 51.3 Å². The molecular weight excluding hydrogens is 1860 g/mol. The number of fused-ring (bicyclic) bond motifs is 24. The van der Waals surface area contributed by atoms with Crippen LogP contribution in [0.15, 0.2) is 50.8 Å². The van der Waals surface area contributed by atoms with Crippen LogP contribution in [0, 0.1) is 194 Å². The second-order valence-corrected chi connectivity index (χ2v) is 60.9. The number of nitrogens with one attached hydrogen (secondary N) is 3. The van der Waals surface area contributed by atoms with E-state index in [-0.39, 0.29) is 51.8 Å². The third-order valence-corrected chi connectivity index (χ3v) is 51.7. The van der Waals surface area contributed by atoms with Gasteiger partial charge >= 0.3 is 6.15 Å². The second kappa shape index (κ2) is 41.6. The highest BCUT2D eigenvalue weighted by atomic mass is 32.2. The summed E-state index contributed by atoms with van der Waals surface area (Å²) < 4.78 is 56.8. The number of hydrogen-bond acceptors (Lipinski definition) is 14. The van der Waals surface area contributed by atoms with Crippen LogP contribution in [0.2, 0.25) is 0 Å². The molecule has 5 saturated heterocycles. The molecule has 2 amide bonds. The zero-order chi connectivity index (χ0) is 105. The monoisotopic (exact) mass is 2060 g/mol. The maximum Gasteiger partial charge on any atom is 0.373 e. The van der Waals surface area contributed by atoms with Crippen LogP contribution in [-0.4, -0.2) is 137 Å². The molecule has 25 rings (SSSR count). The lowest BCUT2D eigenvalue weighted by Gasteiger charge is -2.54. The predicted molar refractivity (Wildman–Crippen MR) is 585 cm³/mol. The van der Waals surface area contributed by atoms with E-state index in [9.17, 15) is 22.8 Å². The summed E-state index contributed by atoms with van der Waals surface area (Å²) in [5, 5.41) is 20.5. The first-order valence-corrected chi connectivity index (χ1v) is 63.7. The van der Waals surface area contributed by atoms with E-state index in [1.807, 2.05) is 31.9 Å². The van der Waals surface area contributed by atoms with Crippen LogP contribution < -0.4 is 20.5 Å². The van der Waals surface area contributed by atoms with Crippen LogP contribution in [0.3, 0.4) is 0 Å². The number of ether oxygens (including phenoxy) is 4. The lowest BCUT2D eigenvalue weighted by atomic mass is 9.52. The molecule has 5 aliphatic heterocycles. The Labute approximate surface area is 894 Å². The second-order valence-electron chi connectivity index (χ2n) is 59.5. The average molecular weight is 2060 g/mol. The molecule has 0 unspecified atom stereocenters. The fourth-order valence-electron chi connectivity index (χ4n) is 43.0. The summed E-state index contributed by atoms with van der Waals surface area (Å²) in [5.41, 5.74) is 16.7. The van der Waals surface area contributed by atoms with Gasteiger partial charge in [-0.15, -0.1) is 5.10 Å². The lowest BCUT2D eigenvalue weighted by molar-refractivity contribution is -0.191. The minimum absolute atomic E-state index is 0.0135. The van der Waals surface area contributed by atoms with Crippen molar-refractivity contribution in [1.82, 2.24) is 35.2 Å². The molecule has 5 N–H and O–H groups in total. The van der Waals surface area contributed by atoms with Crippen molar-refractivity contribution in [2.45, 2.75) is 512 Å². The van der Waals surface area contributed by atoms with Gasteiger partial charge in [0.25, 0.3) is 10.2 Å². The molecule has 24 aliphatic rings. The fraction of sp³-hybridized carbons (Fsp3) is 0.891. The van der Waals surface area contributed by atoms with Gasteiger partial charge in [-0.3, -0.25) is 19.3 Å². The molecule has 6 heterocycles. The molecule has 19 nitrogen and oxygen atoms in total. The maximum absolute atomic E-state index is 12.5. The number of hydrogen-bond donors (Lipinski definition) is 4.